The lowest BCUT2D eigenvalue weighted by Crippen LogP contribution is -2.45. The van der Waals surface area contributed by atoms with E-state index >= 15 is 0 Å². The third-order valence-electron chi connectivity index (χ3n) is 2.98. The fourth-order valence-corrected chi connectivity index (χ4v) is 1.88. The number of carbonyl (C=O) groups excluding carboxylic acids is 1. The highest BCUT2D eigenvalue weighted by Crippen LogP contribution is 2.22. The van der Waals surface area contributed by atoms with Crippen LogP contribution in [0.3, 0.4) is 0 Å². The van der Waals surface area contributed by atoms with E-state index in [2.05, 4.69) is 10.2 Å². The SMILES string of the molecule is CC1(O)CCN(C(=O)c2ccc(Cl)nn2)CC1. The van der Waals surface area contributed by atoms with E-state index in [1.54, 1.807) is 24.0 Å². The number of rotatable bonds is 1. The number of likely N-dealkylation sites (tertiary alicyclic amines) is 1. The van der Waals surface area contributed by atoms with E-state index in [1.165, 1.54) is 0 Å². The van der Waals surface area contributed by atoms with Gasteiger partial charge in [0.1, 0.15) is 0 Å². The molecule has 0 aliphatic carbocycles. The lowest BCUT2D eigenvalue weighted by atomic mass is 9.94. The minimum absolute atomic E-state index is 0.162. The van der Waals surface area contributed by atoms with E-state index < -0.39 is 5.60 Å². The molecule has 2 heterocycles. The first-order chi connectivity index (χ1) is 7.98. The second-order valence-corrected chi connectivity index (χ2v) is 4.92. The van der Waals surface area contributed by atoms with Gasteiger partial charge in [-0.25, -0.2) is 0 Å². The second-order valence-electron chi connectivity index (χ2n) is 4.53. The maximum Gasteiger partial charge on any atom is 0.274 e. The largest absolute Gasteiger partial charge is 0.390 e. The average molecular weight is 256 g/mol. The summed E-state index contributed by atoms with van der Waals surface area (Å²) in [4.78, 5) is 13.7. The molecule has 1 amide bonds. The topological polar surface area (TPSA) is 66.3 Å². The molecule has 0 bridgehead atoms. The van der Waals surface area contributed by atoms with Crippen LogP contribution in [0.25, 0.3) is 0 Å². The number of aliphatic hydroxyl groups is 1. The summed E-state index contributed by atoms with van der Waals surface area (Å²) in [6.07, 6.45) is 1.17. The van der Waals surface area contributed by atoms with Gasteiger partial charge in [-0.3, -0.25) is 4.79 Å². The zero-order valence-electron chi connectivity index (χ0n) is 9.56. The molecule has 6 heteroatoms. The van der Waals surface area contributed by atoms with Gasteiger partial charge in [0.05, 0.1) is 5.60 Å². The predicted octanol–water partition coefficient (Wildman–Crippen LogP) is 1.12. The molecule has 0 atom stereocenters. The van der Waals surface area contributed by atoms with Gasteiger partial charge < -0.3 is 10.0 Å². The first-order valence-corrected chi connectivity index (χ1v) is 5.87. The third-order valence-corrected chi connectivity index (χ3v) is 3.18. The average Bonchev–Trinajstić information content (AvgIpc) is 2.29. The smallest absolute Gasteiger partial charge is 0.274 e. The van der Waals surface area contributed by atoms with Crippen LogP contribution in [0.4, 0.5) is 0 Å². The Bertz CT molecular complexity index is 409. The first kappa shape index (κ1) is 12.3. The molecule has 1 aromatic heterocycles. The lowest BCUT2D eigenvalue weighted by Gasteiger charge is -2.35. The van der Waals surface area contributed by atoms with Crippen molar-refractivity contribution in [2.45, 2.75) is 25.4 Å². The highest BCUT2D eigenvalue weighted by atomic mass is 35.5. The van der Waals surface area contributed by atoms with Gasteiger partial charge in [0.25, 0.3) is 5.91 Å². The number of nitrogens with zero attached hydrogens (tertiary/aromatic N) is 3. The molecule has 1 fully saturated rings. The minimum atomic E-state index is -0.664. The maximum atomic E-state index is 12.0. The standard InChI is InChI=1S/C11H14ClN3O2/c1-11(17)4-6-15(7-5-11)10(16)8-2-3-9(12)14-13-8/h2-3,17H,4-7H2,1H3. The van der Waals surface area contributed by atoms with Crippen LogP contribution in [0.2, 0.25) is 5.15 Å². The van der Waals surface area contributed by atoms with Crippen molar-refractivity contribution in [3.8, 4) is 0 Å². The summed E-state index contributed by atoms with van der Waals surface area (Å²) in [7, 11) is 0. The van der Waals surface area contributed by atoms with Crippen LogP contribution in [0.5, 0.6) is 0 Å². The Kier molecular flexibility index (Phi) is 3.31. The van der Waals surface area contributed by atoms with Gasteiger partial charge in [-0.15, -0.1) is 10.2 Å². The third kappa shape index (κ3) is 2.92. The normalized spacial score (nSPS) is 19.1. The van der Waals surface area contributed by atoms with Crippen molar-refractivity contribution in [2.75, 3.05) is 13.1 Å². The van der Waals surface area contributed by atoms with Gasteiger partial charge in [0.15, 0.2) is 10.8 Å². The van der Waals surface area contributed by atoms with Crippen molar-refractivity contribution in [3.05, 3.63) is 23.0 Å². The Labute approximate surface area is 104 Å². The van der Waals surface area contributed by atoms with Gasteiger partial charge in [0.2, 0.25) is 0 Å². The van der Waals surface area contributed by atoms with Crippen molar-refractivity contribution >= 4 is 17.5 Å². The molecule has 1 aliphatic rings. The monoisotopic (exact) mass is 255 g/mol. The molecule has 5 nitrogen and oxygen atoms in total. The van der Waals surface area contributed by atoms with Crippen LogP contribution >= 0.6 is 11.6 Å². The molecule has 1 saturated heterocycles. The molecular weight excluding hydrogens is 242 g/mol. The number of amides is 1. The first-order valence-electron chi connectivity index (χ1n) is 5.49. The molecule has 0 radical (unpaired) electrons. The summed E-state index contributed by atoms with van der Waals surface area (Å²) in [5, 5.41) is 17.5. The van der Waals surface area contributed by atoms with Crippen LogP contribution in [0, 0.1) is 0 Å². The van der Waals surface area contributed by atoms with Crippen LogP contribution in [0.15, 0.2) is 12.1 Å². The van der Waals surface area contributed by atoms with Gasteiger partial charge in [-0.1, -0.05) is 11.6 Å². The van der Waals surface area contributed by atoms with E-state index in [-0.39, 0.29) is 16.8 Å². The van der Waals surface area contributed by atoms with Crippen LogP contribution < -0.4 is 0 Å². The van der Waals surface area contributed by atoms with Gasteiger partial charge in [-0.05, 0) is 31.9 Å². The Hall–Kier alpha value is -1.20. The van der Waals surface area contributed by atoms with E-state index in [0.29, 0.717) is 25.9 Å². The molecule has 92 valence electrons. The molecule has 1 aromatic rings. The molecule has 0 saturated carbocycles. The summed E-state index contributed by atoms with van der Waals surface area (Å²) in [5.74, 6) is -0.162. The number of piperidine rings is 1. The van der Waals surface area contributed by atoms with Crippen molar-refractivity contribution in [1.29, 1.82) is 0 Å². The van der Waals surface area contributed by atoms with E-state index in [1.807, 2.05) is 0 Å². The van der Waals surface area contributed by atoms with Crippen molar-refractivity contribution in [2.24, 2.45) is 0 Å². The summed E-state index contributed by atoms with van der Waals surface area (Å²) >= 11 is 5.61. The van der Waals surface area contributed by atoms with E-state index in [4.69, 9.17) is 11.6 Å². The maximum absolute atomic E-state index is 12.0. The summed E-state index contributed by atoms with van der Waals surface area (Å²) < 4.78 is 0. The van der Waals surface area contributed by atoms with Crippen LogP contribution in [-0.4, -0.2) is 44.8 Å². The van der Waals surface area contributed by atoms with Gasteiger partial charge in [-0.2, -0.15) is 0 Å². The second kappa shape index (κ2) is 4.58. The Balaban J connectivity index is 2.04. The van der Waals surface area contributed by atoms with E-state index in [0.717, 1.165) is 0 Å². The number of halogens is 1. The molecule has 0 spiro atoms. The van der Waals surface area contributed by atoms with Gasteiger partial charge in [0, 0.05) is 13.1 Å². The number of aromatic nitrogens is 2. The zero-order valence-corrected chi connectivity index (χ0v) is 10.3. The molecule has 0 unspecified atom stereocenters. The highest BCUT2D eigenvalue weighted by Gasteiger charge is 2.30. The number of hydrogen-bond donors (Lipinski definition) is 1. The van der Waals surface area contributed by atoms with Crippen molar-refractivity contribution in [1.82, 2.24) is 15.1 Å². The van der Waals surface area contributed by atoms with Crippen LogP contribution in [-0.2, 0) is 0 Å². The Morgan fingerprint density at radius 1 is 1.41 bits per heavy atom. The Morgan fingerprint density at radius 2 is 2.06 bits per heavy atom. The van der Waals surface area contributed by atoms with Crippen molar-refractivity contribution < 1.29 is 9.90 Å². The molecule has 17 heavy (non-hydrogen) atoms. The summed E-state index contributed by atoms with van der Waals surface area (Å²) in [5.41, 5.74) is -0.376. The molecule has 1 N–H and O–H groups in total. The molecule has 0 aromatic carbocycles. The number of hydrogen-bond acceptors (Lipinski definition) is 4. The van der Waals surface area contributed by atoms with Crippen LogP contribution in [0.1, 0.15) is 30.3 Å². The zero-order chi connectivity index (χ0) is 12.5. The fourth-order valence-electron chi connectivity index (χ4n) is 1.78. The highest BCUT2D eigenvalue weighted by molar-refractivity contribution is 6.29. The predicted molar refractivity (Wildman–Crippen MR) is 62.8 cm³/mol. The van der Waals surface area contributed by atoms with Gasteiger partial charge >= 0.3 is 0 Å². The summed E-state index contributed by atoms with van der Waals surface area (Å²) in [6.45, 7) is 2.86. The quantitative estimate of drug-likeness (QED) is 0.817. The van der Waals surface area contributed by atoms with E-state index in [9.17, 15) is 9.90 Å². The molecule has 1 aliphatic heterocycles. The number of carbonyl (C=O) groups is 1. The minimum Gasteiger partial charge on any atom is -0.390 e. The fraction of sp³-hybridized carbons (Fsp3) is 0.545. The Morgan fingerprint density at radius 3 is 2.59 bits per heavy atom. The molecular formula is C11H14ClN3O2. The van der Waals surface area contributed by atoms with Crippen molar-refractivity contribution in [3.63, 3.8) is 0 Å². The summed E-state index contributed by atoms with van der Waals surface area (Å²) in [6, 6.07) is 3.10. The lowest BCUT2D eigenvalue weighted by molar-refractivity contribution is -0.00222. The molecule has 2 rings (SSSR count).